The number of amides is 1. The van der Waals surface area contributed by atoms with E-state index in [0.717, 1.165) is 37.2 Å². The van der Waals surface area contributed by atoms with Crippen LogP contribution in [-0.2, 0) is 12.0 Å². The van der Waals surface area contributed by atoms with Crippen LogP contribution in [0.2, 0.25) is 0 Å². The number of carbonyl (C=O) groups excluding carboxylic acids is 1. The number of hydrogen-bond donors (Lipinski definition) is 2. The van der Waals surface area contributed by atoms with Crippen LogP contribution >= 0.6 is 12.4 Å². The summed E-state index contributed by atoms with van der Waals surface area (Å²) in [4.78, 5) is 12.5. The molecule has 1 aliphatic heterocycles. The Morgan fingerprint density at radius 2 is 1.85 bits per heavy atom. The minimum atomic E-state index is -0.128. The number of nitrogens with two attached hydrogens (primary N) is 1. The van der Waals surface area contributed by atoms with Gasteiger partial charge in [0.25, 0.3) is 5.91 Å². The number of ether oxygens (including phenoxy) is 2. The van der Waals surface area contributed by atoms with E-state index in [-0.39, 0.29) is 30.3 Å². The number of halogens is 1. The van der Waals surface area contributed by atoms with Crippen LogP contribution in [0.1, 0.15) is 47.4 Å². The number of nitrogens with one attached hydrogen (secondary N) is 1. The topological polar surface area (TPSA) is 86.7 Å². The minimum Gasteiger partial charge on any atom is -0.486 e. The second-order valence-corrected chi connectivity index (χ2v) is 7.03. The molecule has 4 rings (SSSR count). The van der Waals surface area contributed by atoms with Crippen molar-refractivity contribution in [2.24, 2.45) is 5.73 Å². The Balaban J connectivity index is 0.00000210. The maximum Gasteiger partial charge on any atom is 0.254 e. The molecule has 0 bridgehead atoms. The zero-order valence-electron chi connectivity index (χ0n) is 15.2. The summed E-state index contributed by atoms with van der Waals surface area (Å²) in [6.07, 6.45) is 5.88. The van der Waals surface area contributed by atoms with Crippen LogP contribution in [0.15, 0.2) is 34.9 Å². The smallest absolute Gasteiger partial charge is 0.254 e. The van der Waals surface area contributed by atoms with Gasteiger partial charge in [-0.3, -0.25) is 4.79 Å². The number of fused-ring (bicyclic) bond motifs is 1. The van der Waals surface area contributed by atoms with Gasteiger partial charge in [0.05, 0.1) is 12.1 Å². The maximum atomic E-state index is 12.5. The molecule has 0 radical (unpaired) electrons. The molecule has 1 saturated carbocycles. The van der Waals surface area contributed by atoms with Crippen LogP contribution in [0.3, 0.4) is 0 Å². The first-order valence-corrected chi connectivity index (χ1v) is 9.16. The molecule has 7 heteroatoms. The van der Waals surface area contributed by atoms with E-state index in [9.17, 15) is 4.79 Å². The number of hydrogen-bond acceptors (Lipinski definition) is 5. The van der Waals surface area contributed by atoms with Gasteiger partial charge in [-0.1, -0.05) is 18.9 Å². The lowest BCUT2D eigenvalue weighted by Crippen LogP contribution is -2.39. The summed E-state index contributed by atoms with van der Waals surface area (Å²) in [6.45, 7) is 2.04. The van der Waals surface area contributed by atoms with E-state index < -0.39 is 0 Å². The van der Waals surface area contributed by atoms with Gasteiger partial charge >= 0.3 is 0 Å². The van der Waals surface area contributed by atoms with E-state index in [1.807, 2.05) is 6.07 Å². The Labute approximate surface area is 164 Å². The maximum absolute atomic E-state index is 12.5. The van der Waals surface area contributed by atoms with Crippen molar-refractivity contribution in [3.63, 3.8) is 0 Å². The Morgan fingerprint density at radius 3 is 2.56 bits per heavy atom. The van der Waals surface area contributed by atoms with Gasteiger partial charge < -0.3 is 24.9 Å². The molecule has 1 aromatic heterocycles. The standard InChI is InChI=1S/C20H24N2O4.ClH/c21-11-16-9-14(12-26-16)19(23)22-13-20(5-1-2-6-20)15-3-4-17-18(10-15)25-8-7-24-17;/h3-4,9-10,12H,1-2,5-8,11,13,21H2,(H,22,23);1H. The Kier molecular flexibility index (Phi) is 5.97. The fourth-order valence-corrected chi connectivity index (χ4v) is 3.95. The molecule has 0 unspecified atom stereocenters. The lowest BCUT2D eigenvalue weighted by atomic mass is 9.78. The fraction of sp³-hybridized carbons (Fsp3) is 0.450. The predicted molar refractivity (Wildman–Crippen MR) is 104 cm³/mol. The lowest BCUT2D eigenvalue weighted by Gasteiger charge is -2.31. The first-order chi connectivity index (χ1) is 12.7. The first kappa shape index (κ1) is 19.6. The van der Waals surface area contributed by atoms with Crippen molar-refractivity contribution < 1.29 is 18.7 Å². The van der Waals surface area contributed by atoms with Crippen LogP contribution in [0.25, 0.3) is 0 Å². The number of benzene rings is 1. The van der Waals surface area contributed by atoms with Gasteiger partial charge in [-0.25, -0.2) is 0 Å². The van der Waals surface area contributed by atoms with Crippen molar-refractivity contribution in [3.05, 3.63) is 47.4 Å². The monoisotopic (exact) mass is 392 g/mol. The van der Waals surface area contributed by atoms with Gasteiger partial charge in [0, 0.05) is 12.0 Å². The molecular formula is C20H25ClN2O4. The molecule has 146 valence electrons. The molecule has 1 aromatic carbocycles. The Morgan fingerprint density at radius 1 is 1.11 bits per heavy atom. The minimum absolute atomic E-state index is 0. The summed E-state index contributed by atoms with van der Waals surface area (Å²) in [5, 5.41) is 3.09. The molecule has 3 N–H and O–H groups in total. The highest BCUT2D eigenvalue weighted by molar-refractivity contribution is 5.94. The van der Waals surface area contributed by atoms with Crippen LogP contribution < -0.4 is 20.5 Å². The molecule has 0 spiro atoms. The summed E-state index contributed by atoms with van der Waals surface area (Å²) in [5.41, 5.74) is 7.20. The van der Waals surface area contributed by atoms with E-state index in [2.05, 4.69) is 17.4 Å². The van der Waals surface area contributed by atoms with E-state index in [1.54, 1.807) is 6.07 Å². The largest absolute Gasteiger partial charge is 0.486 e. The Hall–Kier alpha value is -2.18. The van der Waals surface area contributed by atoms with Crippen LogP contribution in [0.4, 0.5) is 0 Å². The zero-order valence-corrected chi connectivity index (χ0v) is 16.0. The predicted octanol–water partition coefficient (Wildman–Crippen LogP) is 3.17. The summed E-state index contributed by atoms with van der Waals surface area (Å²) >= 11 is 0. The van der Waals surface area contributed by atoms with E-state index in [4.69, 9.17) is 19.6 Å². The van der Waals surface area contributed by atoms with E-state index >= 15 is 0 Å². The van der Waals surface area contributed by atoms with Gasteiger partial charge in [0.1, 0.15) is 25.2 Å². The van der Waals surface area contributed by atoms with Crippen molar-refractivity contribution in [1.82, 2.24) is 5.32 Å². The third-order valence-corrected chi connectivity index (χ3v) is 5.42. The lowest BCUT2D eigenvalue weighted by molar-refractivity contribution is 0.0942. The van der Waals surface area contributed by atoms with Crippen LogP contribution in [-0.4, -0.2) is 25.7 Å². The normalized spacial score (nSPS) is 17.2. The van der Waals surface area contributed by atoms with E-state index in [1.165, 1.54) is 11.8 Å². The van der Waals surface area contributed by atoms with Crippen molar-refractivity contribution >= 4 is 18.3 Å². The van der Waals surface area contributed by atoms with Gasteiger partial charge in [-0.2, -0.15) is 0 Å². The van der Waals surface area contributed by atoms with Crippen molar-refractivity contribution in [2.75, 3.05) is 19.8 Å². The molecule has 6 nitrogen and oxygen atoms in total. The van der Waals surface area contributed by atoms with Gasteiger partial charge in [-0.15, -0.1) is 12.4 Å². The quantitative estimate of drug-likeness (QED) is 0.816. The van der Waals surface area contributed by atoms with Crippen LogP contribution in [0, 0.1) is 0 Å². The molecule has 0 atom stereocenters. The highest BCUT2D eigenvalue weighted by Crippen LogP contribution is 2.43. The van der Waals surface area contributed by atoms with Gasteiger partial charge in [0.15, 0.2) is 11.5 Å². The molecule has 1 amide bonds. The molecule has 2 aliphatic rings. The molecule has 0 saturated heterocycles. The molecule has 1 fully saturated rings. The second-order valence-electron chi connectivity index (χ2n) is 7.03. The zero-order chi connectivity index (χ0) is 18.0. The van der Waals surface area contributed by atoms with Crippen molar-refractivity contribution in [3.8, 4) is 11.5 Å². The third-order valence-electron chi connectivity index (χ3n) is 5.42. The van der Waals surface area contributed by atoms with Gasteiger partial charge in [-0.05, 0) is 36.6 Å². The number of furan rings is 1. The highest BCUT2D eigenvalue weighted by atomic mass is 35.5. The van der Waals surface area contributed by atoms with Crippen molar-refractivity contribution in [1.29, 1.82) is 0 Å². The average molecular weight is 393 g/mol. The van der Waals surface area contributed by atoms with E-state index in [0.29, 0.717) is 31.1 Å². The summed E-state index contributed by atoms with van der Waals surface area (Å²) in [5.74, 6) is 2.08. The highest BCUT2D eigenvalue weighted by Gasteiger charge is 2.37. The Bertz CT molecular complexity index is 799. The van der Waals surface area contributed by atoms with Gasteiger partial charge in [0.2, 0.25) is 0 Å². The molecule has 2 aromatic rings. The third kappa shape index (κ3) is 3.92. The number of carbonyl (C=O) groups is 1. The molecule has 2 heterocycles. The average Bonchev–Trinajstić information content (AvgIpc) is 3.36. The SMILES string of the molecule is Cl.NCc1cc(C(=O)NCC2(c3ccc4c(c3)OCCO4)CCCC2)co1. The van der Waals surface area contributed by atoms with Crippen LogP contribution in [0.5, 0.6) is 11.5 Å². The second kappa shape index (κ2) is 8.23. The summed E-state index contributed by atoms with van der Waals surface area (Å²) < 4.78 is 16.6. The fourth-order valence-electron chi connectivity index (χ4n) is 3.95. The first-order valence-electron chi connectivity index (χ1n) is 9.16. The molecular weight excluding hydrogens is 368 g/mol. The molecule has 27 heavy (non-hydrogen) atoms. The molecule has 1 aliphatic carbocycles. The van der Waals surface area contributed by atoms with Crippen molar-refractivity contribution in [2.45, 2.75) is 37.6 Å². The summed E-state index contributed by atoms with van der Waals surface area (Å²) in [7, 11) is 0. The number of rotatable bonds is 5. The summed E-state index contributed by atoms with van der Waals surface area (Å²) in [6, 6.07) is 7.86.